The van der Waals surface area contributed by atoms with Crippen LogP contribution in [0.25, 0.3) is 0 Å². The molecule has 0 N–H and O–H groups in total. The summed E-state index contributed by atoms with van der Waals surface area (Å²) in [6.07, 6.45) is 7.91. The molecule has 4 rings (SSSR count). The van der Waals surface area contributed by atoms with Crippen molar-refractivity contribution in [1.29, 1.82) is 0 Å². The zero-order chi connectivity index (χ0) is 14.6. The van der Waals surface area contributed by atoms with Crippen LogP contribution < -0.4 is 0 Å². The second-order valence-corrected chi connectivity index (χ2v) is 8.04. The maximum atomic E-state index is 12.0. The van der Waals surface area contributed by atoms with Gasteiger partial charge in [-0.25, -0.2) is 0 Å². The molecule has 0 aromatic rings. The Balaban J connectivity index is 1.59. The van der Waals surface area contributed by atoms with E-state index in [9.17, 15) is 4.79 Å². The van der Waals surface area contributed by atoms with Gasteiger partial charge in [0.25, 0.3) is 0 Å². The molecule has 1 heterocycles. The van der Waals surface area contributed by atoms with Crippen LogP contribution in [-0.2, 0) is 14.3 Å². The van der Waals surface area contributed by atoms with Crippen molar-refractivity contribution < 1.29 is 14.3 Å². The third-order valence-corrected chi connectivity index (χ3v) is 7.28. The Labute approximate surface area is 127 Å². The van der Waals surface area contributed by atoms with Crippen molar-refractivity contribution in [1.82, 2.24) is 0 Å². The number of Topliss-reactive ketones (excluding diaryl/α,β-unsaturated/α-hetero) is 1. The van der Waals surface area contributed by atoms with Gasteiger partial charge in [0.2, 0.25) is 0 Å². The van der Waals surface area contributed by atoms with E-state index in [1.165, 1.54) is 25.7 Å². The molecule has 3 nitrogen and oxygen atoms in total. The lowest BCUT2D eigenvalue weighted by Crippen LogP contribution is -2.55. The van der Waals surface area contributed by atoms with Gasteiger partial charge in [-0.15, -0.1) is 0 Å². The lowest BCUT2D eigenvalue weighted by molar-refractivity contribution is -0.204. The monoisotopic (exact) mass is 292 g/mol. The largest absolute Gasteiger partial charge is 0.373 e. The highest BCUT2D eigenvalue weighted by molar-refractivity contribution is 5.79. The first-order chi connectivity index (χ1) is 10.1. The van der Waals surface area contributed by atoms with E-state index in [4.69, 9.17) is 9.47 Å². The zero-order valence-corrected chi connectivity index (χ0v) is 13.3. The number of rotatable bonds is 1. The molecule has 3 saturated carbocycles. The molecule has 0 amide bonds. The summed E-state index contributed by atoms with van der Waals surface area (Å²) in [6, 6.07) is 0. The normalized spacial score (nSPS) is 52.7. The molecular formula is C18H28O3. The second kappa shape index (κ2) is 5.06. The predicted octanol–water partition coefficient (Wildman–Crippen LogP) is 3.21. The predicted molar refractivity (Wildman–Crippen MR) is 79.9 cm³/mol. The Morgan fingerprint density at radius 3 is 2.62 bits per heavy atom. The van der Waals surface area contributed by atoms with Gasteiger partial charge in [0.15, 0.2) is 0 Å². The van der Waals surface area contributed by atoms with Crippen LogP contribution in [0.2, 0.25) is 0 Å². The molecule has 7 atom stereocenters. The van der Waals surface area contributed by atoms with Crippen LogP contribution in [0.3, 0.4) is 0 Å². The maximum absolute atomic E-state index is 12.0. The minimum atomic E-state index is 0.259. The van der Waals surface area contributed by atoms with Crippen LogP contribution in [0.4, 0.5) is 0 Å². The quantitative estimate of drug-likeness (QED) is 0.744. The van der Waals surface area contributed by atoms with Crippen molar-refractivity contribution >= 4 is 5.78 Å². The van der Waals surface area contributed by atoms with E-state index in [2.05, 4.69) is 6.92 Å². The van der Waals surface area contributed by atoms with Gasteiger partial charge < -0.3 is 9.47 Å². The van der Waals surface area contributed by atoms with Crippen molar-refractivity contribution in [2.24, 2.45) is 29.1 Å². The third kappa shape index (κ3) is 2.03. The number of carbonyl (C=O) groups excluding carboxylic acids is 1. The van der Waals surface area contributed by atoms with Gasteiger partial charge in [0.05, 0.1) is 25.4 Å². The van der Waals surface area contributed by atoms with Gasteiger partial charge in [0.1, 0.15) is 5.78 Å². The molecule has 3 aliphatic carbocycles. The summed E-state index contributed by atoms with van der Waals surface area (Å²) in [5, 5.41) is 0. The molecule has 1 aliphatic heterocycles. The minimum Gasteiger partial charge on any atom is -0.373 e. The molecule has 1 saturated heterocycles. The second-order valence-electron chi connectivity index (χ2n) is 8.04. The lowest BCUT2D eigenvalue weighted by atomic mass is 9.53. The first-order valence-corrected chi connectivity index (χ1v) is 8.85. The van der Waals surface area contributed by atoms with E-state index >= 15 is 0 Å². The molecule has 118 valence electrons. The third-order valence-electron chi connectivity index (χ3n) is 7.28. The first-order valence-electron chi connectivity index (χ1n) is 8.85. The molecule has 3 heteroatoms. The Bertz CT molecular complexity index is 434. The molecule has 4 aliphatic rings. The summed E-state index contributed by atoms with van der Waals surface area (Å²) >= 11 is 0. The molecule has 4 fully saturated rings. The van der Waals surface area contributed by atoms with E-state index in [0.717, 1.165) is 37.9 Å². The minimum absolute atomic E-state index is 0.259. The van der Waals surface area contributed by atoms with E-state index in [1.807, 2.05) is 0 Å². The summed E-state index contributed by atoms with van der Waals surface area (Å²) < 4.78 is 12.1. The topological polar surface area (TPSA) is 35.5 Å². The average Bonchev–Trinajstić information content (AvgIpc) is 2.84. The van der Waals surface area contributed by atoms with Gasteiger partial charge in [-0.2, -0.15) is 0 Å². The fraction of sp³-hybridized carbons (Fsp3) is 0.944. The van der Waals surface area contributed by atoms with E-state index < -0.39 is 0 Å². The summed E-state index contributed by atoms with van der Waals surface area (Å²) in [6.45, 7) is 5.74. The summed E-state index contributed by atoms with van der Waals surface area (Å²) in [4.78, 5) is 12.0. The Morgan fingerprint density at radius 2 is 1.81 bits per heavy atom. The number of hydrogen-bond donors (Lipinski definition) is 0. The van der Waals surface area contributed by atoms with Gasteiger partial charge in [-0.05, 0) is 68.6 Å². The molecule has 0 radical (unpaired) electrons. The number of ketones is 1. The highest BCUT2D eigenvalue weighted by Crippen LogP contribution is 2.62. The van der Waals surface area contributed by atoms with Gasteiger partial charge in [0, 0.05) is 5.92 Å². The smallest absolute Gasteiger partial charge is 0.133 e. The zero-order valence-electron chi connectivity index (χ0n) is 13.3. The number of fused-ring (bicyclic) bond motifs is 5. The summed E-state index contributed by atoms with van der Waals surface area (Å²) in [5.74, 6) is 2.90. The first kappa shape index (κ1) is 14.2. The SMILES string of the molecule is CC(=O)[C@H]1CC[C@H]2[C@@H]3CCC4OCCO[C@@H]4[C@H]3CC[C@]12C. The molecule has 0 bridgehead atoms. The number of ether oxygens (including phenoxy) is 2. The number of carbonyl (C=O) groups is 1. The molecule has 21 heavy (non-hydrogen) atoms. The Hall–Kier alpha value is -0.410. The highest BCUT2D eigenvalue weighted by Gasteiger charge is 2.58. The summed E-state index contributed by atoms with van der Waals surface area (Å²) in [5.41, 5.74) is 0.259. The van der Waals surface area contributed by atoms with Gasteiger partial charge in [-0.1, -0.05) is 6.92 Å². The molecule has 0 spiro atoms. The van der Waals surface area contributed by atoms with Crippen LogP contribution >= 0.6 is 0 Å². The van der Waals surface area contributed by atoms with Crippen molar-refractivity contribution in [2.75, 3.05) is 13.2 Å². The molecular weight excluding hydrogens is 264 g/mol. The maximum Gasteiger partial charge on any atom is 0.133 e. The van der Waals surface area contributed by atoms with Crippen LogP contribution in [-0.4, -0.2) is 31.2 Å². The fourth-order valence-corrected chi connectivity index (χ4v) is 6.40. The van der Waals surface area contributed by atoms with E-state index in [0.29, 0.717) is 29.8 Å². The van der Waals surface area contributed by atoms with E-state index in [1.54, 1.807) is 6.92 Å². The van der Waals surface area contributed by atoms with Crippen LogP contribution in [0, 0.1) is 29.1 Å². The standard InChI is InChI=1S/C18H28O3/c1-11(19)14-4-5-15-12-3-6-16-17(21-10-9-20-16)13(12)7-8-18(14,15)2/h12-17H,3-10H2,1-2H3/t12-,13+,14-,15+,16?,17-,18-/m1/s1. The molecule has 0 aromatic carbocycles. The van der Waals surface area contributed by atoms with Crippen molar-refractivity contribution in [3.05, 3.63) is 0 Å². The molecule has 1 unspecified atom stereocenters. The van der Waals surface area contributed by atoms with Crippen molar-refractivity contribution in [3.63, 3.8) is 0 Å². The van der Waals surface area contributed by atoms with Crippen LogP contribution in [0.15, 0.2) is 0 Å². The fourth-order valence-electron chi connectivity index (χ4n) is 6.40. The van der Waals surface area contributed by atoms with Crippen LogP contribution in [0.1, 0.15) is 52.4 Å². The number of hydrogen-bond acceptors (Lipinski definition) is 3. The Kier molecular flexibility index (Phi) is 3.42. The highest BCUT2D eigenvalue weighted by atomic mass is 16.6. The Morgan fingerprint density at radius 1 is 1.00 bits per heavy atom. The van der Waals surface area contributed by atoms with Gasteiger partial charge in [-0.3, -0.25) is 4.79 Å². The summed E-state index contributed by atoms with van der Waals surface area (Å²) in [7, 11) is 0. The lowest BCUT2D eigenvalue weighted by Gasteiger charge is -2.54. The molecule has 0 aromatic heterocycles. The van der Waals surface area contributed by atoms with Crippen molar-refractivity contribution in [3.8, 4) is 0 Å². The van der Waals surface area contributed by atoms with Gasteiger partial charge >= 0.3 is 0 Å². The van der Waals surface area contributed by atoms with Crippen molar-refractivity contribution in [2.45, 2.75) is 64.6 Å². The van der Waals surface area contributed by atoms with Crippen LogP contribution in [0.5, 0.6) is 0 Å². The average molecular weight is 292 g/mol. The van der Waals surface area contributed by atoms with E-state index in [-0.39, 0.29) is 5.41 Å².